The number of nitrogens with one attached hydrogen (secondary N) is 1. The molecule has 1 saturated carbocycles. The van der Waals surface area contributed by atoms with Crippen LogP contribution in [-0.4, -0.2) is 30.3 Å². The number of carbonyl (C=O) groups excluding carboxylic acids is 2. The van der Waals surface area contributed by atoms with Gasteiger partial charge >= 0.3 is 0 Å². The van der Waals surface area contributed by atoms with Crippen molar-refractivity contribution in [2.75, 3.05) is 18.9 Å². The molecule has 1 fully saturated rings. The van der Waals surface area contributed by atoms with Gasteiger partial charge in [-0.2, -0.15) is 0 Å². The second kappa shape index (κ2) is 7.82. The predicted molar refractivity (Wildman–Crippen MR) is 98.0 cm³/mol. The first kappa shape index (κ1) is 18.5. The van der Waals surface area contributed by atoms with Crippen LogP contribution in [0.15, 0.2) is 18.2 Å². The minimum Gasteiger partial charge on any atom is -0.346 e. The maximum atomic E-state index is 12.6. The summed E-state index contributed by atoms with van der Waals surface area (Å²) >= 11 is 0. The fourth-order valence-electron chi connectivity index (χ4n) is 3.10. The minimum atomic E-state index is -0.179. The molecule has 2 amide bonds. The van der Waals surface area contributed by atoms with Crippen LogP contribution in [0.5, 0.6) is 0 Å². The first-order valence-electron chi connectivity index (χ1n) is 9.02. The van der Waals surface area contributed by atoms with Crippen LogP contribution in [-0.2, 0) is 9.59 Å². The van der Waals surface area contributed by atoms with Crippen molar-refractivity contribution in [2.45, 2.75) is 52.9 Å². The number of unbranched alkanes of at least 4 members (excludes halogenated alkanes) is 1. The number of hydrogen-bond acceptors (Lipinski definition) is 2. The zero-order chi connectivity index (χ0) is 17.9. The van der Waals surface area contributed by atoms with Gasteiger partial charge < -0.3 is 10.2 Å². The molecule has 0 heterocycles. The molecule has 1 aromatic rings. The number of rotatable bonds is 7. The molecule has 2 rings (SSSR count). The number of aryl methyl sites for hydroxylation is 1. The number of benzene rings is 1. The summed E-state index contributed by atoms with van der Waals surface area (Å²) in [4.78, 5) is 26.7. The largest absolute Gasteiger partial charge is 0.346 e. The van der Waals surface area contributed by atoms with Gasteiger partial charge in [-0.25, -0.2) is 0 Å². The van der Waals surface area contributed by atoms with Crippen molar-refractivity contribution in [1.29, 1.82) is 0 Å². The Morgan fingerprint density at radius 1 is 1.29 bits per heavy atom. The normalized spacial score (nSPS) is 19.2. The molecule has 2 unspecified atom stereocenters. The molecule has 2 atom stereocenters. The smallest absolute Gasteiger partial charge is 0.228 e. The highest BCUT2D eigenvalue weighted by atomic mass is 16.2. The summed E-state index contributed by atoms with van der Waals surface area (Å²) in [6.45, 7) is 9.14. The number of amides is 2. The van der Waals surface area contributed by atoms with Crippen LogP contribution in [0.2, 0.25) is 0 Å². The van der Waals surface area contributed by atoms with E-state index in [1.165, 1.54) is 0 Å². The highest BCUT2D eigenvalue weighted by molar-refractivity contribution is 6.00. The van der Waals surface area contributed by atoms with Crippen molar-refractivity contribution < 1.29 is 9.59 Å². The topological polar surface area (TPSA) is 49.4 Å². The second-order valence-electron chi connectivity index (χ2n) is 7.25. The molecular formula is C20H30N2O2. The zero-order valence-corrected chi connectivity index (χ0v) is 15.6. The van der Waals surface area contributed by atoms with E-state index in [0.29, 0.717) is 12.3 Å². The van der Waals surface area contributed by atoms with Crippen molar-refractivity contribution in [3.63, 3.8) is 0 Å². The van der Waals surface area contributed by atoms with E-state index in [2.05, 4.69) is 32.2 Å². The maximum Gasteiger partial charge on any atom is 0.228 e. The summed E-state index contributed by atoms with van der Waals surface area (Å²) in [5.74, 6) is 0.113. The van der Waals surface area contributed by atoms with Gasteiger partial charge in [0, 0.05) is 19.3 Å². The Labute approximate surface area is 145 Å². The third kappa shape index (κ3) is 4.16. The predicted octanol–water partition coefficient (Wildman–Crippen LogP) is 3.95. The molecule has 24 heavy (non-hydrogen) atoms. The van der Waals surface area contributed by atoms with Gasteiger partial charge in [0.1, 0.15) is 0 Å². The lowest BCUT2D eigenvalue weighted by molar-refractivity contribution is -0.132. The summed E-state index contributed by atoms with van der Waals surface area (Å²) < 4.78 is 0. The standard InChI is InChI=1S/C20H30N2O2/c1-6-7-11-22(5)20(24)17-12-16(17)19(23)21-18-14(4)9-8-10-15(18)13(2)3/h8-10,13,16-17H,6-7,11-12H2,1-5H3,(H,21,23). The van der Waals surface area contributed by atoms with Crippen LogP contribution in [0.1, 0.15) is 57.1 Å². The lowest BCUT2D eigenvalue weighted by Crippen LogP contribution is -2.30. The van der Waals surface area contributed by atoms with Crippen LogP contribution in [0.25, 0.3) is 0 Å². The summed E-state index contributed by atoms with van der Waals surface area (Å²) in [5, 5.41) is 3.08. The number of hydrogen-bond donors (Lipinski definition) is 1. The maximum absolute atomic E-state index is 12.6. The van der Waals surface area contributed by atoms with E-state index < -0.39 is 0 Å². The van der Waals surface area contributed by atoms with Gasteiger partial charge in [0.05, 0.1) is 11.8 Å². The quantitative estimate of drug-likeness (QED) is 0.823. The van der Waals surface area contributed by atoms with E-state index >= 15 is 0 Å². The van der Waals surface area contributed by atoms with Gasteiger partial charge in [0.25, 0.3) is 0 Å². The molecular weight excluding hydrogens is 300 g/mol. The first-order valence-corrected chi connectivity index (χ1v) is 9.02. The van der Waals surface area contributed by atoms with Crippen LogP contribution in [0, 0.1) is 18.8 Å². The van der Waals surface area contributed by atoms with E-state index in [4.69, 9.17) is 0 Å². The second-order valence-corrected chi connectivity index (χ2v) is 7.25. The van der Waals surface area contributed by atoms with E-state index in [9.17, 15) is 9.59 Å². The van der Waals surface area contributed by atoms with Gasteiger partial charge in [-0.1, -0.05) is 45.4 Å². The zero-order valence-electron chi connectivity index (χ0n) is 15.6. The van der Waals surface area contributed by atoms with Crippen molar-refractivity contribution in [2.24, 2.45) is 11.8 Å². The van der Waals surface area contributed by atoms with Crippen molar-refractivity contribution in [1.82, 2.24) is 4.90 Å². The molecule has 132 valence electrons. The highest BCUT2D eigenvalue weighted by Crippen LogP contribution is 2.41. The van der Waals surface area contributed by atoms with Gasteiger partial charge in [0.2, 0.25) is 11.8 Å². The third-order valence-electron chi connectivity index (χ3n) is 4.84. The highest BCUT2D eigenvalue weighted by Gasteiger charge is 2.49. The van der Waals surface area contributed by atoms with Crippen molar-refractivity contribution in [3.05, 3.63) is 29.3 Å². The van der Waals surface area contributed by atoms with E-state index in [0.717, 1.165) is 36.2 Å². The van der Waals surface area contributed by atoms with Crippen LogP contribution in [0.4, 0.5) is 5.69 Å². The fourth-order valence-corrected chi connectivity index (χ4v) is 3.10. The number of carbonyl (C=O) groups is 2. The number of anilines is 1. The van der Waals surface area contributed by atoms with Crippen molar-refractivity contribution >= 4 is 17.5 Å². The summed E-state index contributed by atoms with van der Waals surface area (Å²) in [7, 11) is 1.84. The molecule has 4 heteroatoms. The first-order chi connectivity index (χ1) is 11.4. The molecule has 0 saturated heterocycles. The van der Waals surface area contributed by atoms with E-state index in [-0.39, 0.29) is 23.7 Å². The average molecular weight is 330 g/mol. The van der Waals surface area contributed by atoms with Crippen molar-refractivity contribution in [3.8, 4) is 0 Å². The Kier molecular flexibility index (Phi) is 6.03. The molecule has 4 nitrogen and oxygen atoms in total. The van der Waals surface area contributed by atoms with Gasteiger partial charge in [0.15, 0.2) is 0 Å². The Hall–Kier alpha value is -1.84. The minimum absolute atomic E-state index is 0.0200. The Bertz CT molecular complexity index is 610. The SMILES string of the molecule is CCCCN(C)C(=O)C1CC1C(=O)Nc1c(C)cccc1C(C)C. The molecule has 1 N–H and O–H groups in total. The van der Waals surface area contributed by atoms with Crippen LogP contribution in [0.3, 0.4) is 0 Å². The molecule has 0 bridgehead atoms. The number of nitrogens with zero attached hydrogens (tertiary/aromatic N) is 1. The molecule has 0 spiro atoms. The van der Waals surface area contributed by atoms with E-state index in [1.54, 1.807) is 4.90 Å². The summed E-state index contributed by atoms with van der Waals surface area (Å²) in [6, 6.07) is 6.09. The third-order valence-corrected chi connectivity index (χ3v) is 4.84. The Balaban J connectivity index is 1.99. The summed E-state index contributed by atoms with van der Waals surface area (Å²) in [6.07, 6.45) is 2.74. The van der Waals surface area contributed by atoms with Gasteiger partial charge in [-0.15, -0.1) is 0 Å². The Morgan fingerprint density at radius 3 is 2.62 bits per heavy atom. The molecule has 1 aliphatic rings. The monoisotopic (exact) mass is 330 g/mol. The lowest BCUT2D eigenvalue weighted by atomic mass is 9.98. The molecule has 0 radical (unpaired) electrons. The molecule has 1 aliphatic carbocycles. The Morgan fingerprint density at radius 2 is 2.00 bits per heavy atom. The fraction of sp³-hybridized carbons (Fsp3) is 0.600. The lowest BCUT2D eigenvalue weighted by Gasteiger charge is -2.18. The van der Waals surface area contributed by atoms with Crippen LogP contribution < -0.4 is 5.32 Å². The van der Waals surface area contributed by atoms with E-state index in [1.807, 2.05) is 26.1 Å². The van der Waals surface area contributed by atoms with Gasteiger partial charge in [-0.3, -0.25) is 9.59 Å². The van der Waals surface area contributed by atoms with Gasteiger partial charge in [-0.05, 0) is 36.8 Å². The molecule has 1 aromatic carbocycles. The number of para-hydroxylation sites is 1. The molecule has 0 aromatic heterocycles. The molecule has 0 aliphatic heterocycles. The summed E-state index contributed by atoms with van der Waals surface area (Å²) in [5.41, 5.74) is 3.13. The van der Waals surface area contributed by atoms with Crippen LogP contribution >= 0.6 is 0 Å². The average Bonchev–Trinajstić information content (AvgIpc) is 3.34.